The Kier molecular flexibility index (Phi) is 5.32. The number of hydrogen-bond donors (Lipinski definition) is 0. The summed E-state index contributed by atoms with van der Waals surface area (Å²) in [5.74, 6) is -0.585. The highest BCUT2D eigenvalue weighted by atomic mass is 19.1. The van der Waals surface area contributed by atoms with Crippen molar-refractivity contribution >= 4 is 5.91 Å². The number of ether oxygens (including phenoxy) is 2. The summed E-state index contributed by atoms with van der Waals surface area (Å²) in [7, 11) is 0. The van der Waals surface area contributed by atoms with Crippen LogP contribution in [0.4, 0.5) is 4.39 Å². The molecule has 0 radical (unpaired) electrons. The standard InChI is InChI=1S/C17H18FN3O3/c18-14-8-19-17(20-9-14)24-15-6-7-21(10-15)16(22)12-23-11-13-4-2-1-3-5-13/h1-5,8-9,15H,6-7,10-12H2. The van der Waals surface area contributed by atoms with Crippen LogP contribution in [0.2, 0.25) is 0 Å². The molecule has 2 aromatic rings. The number of hydrogen-bond acceptors (Lipinski definition) is 5. The molecule has 3 rings (SSSR count). The monoisotopic (exact) mass is 331 g/mol. The normalized spacial score (nSPS) is 17.0. The van der Waals surface area contributed by atoms with Crippen LogP contribution in [0.1, 0.15) is 12.0 Å². The van der Waals surface area contributed by atoms with E-state index >= 15 is 0 Å². The molecule has 0 saturated carbocycles. The second-order valence-corrected chi connectivity index (χ2v) is 5.53. The first-order valence-corrected chi connectivity index (χ1v) is 7.74. The number of carbonyl (C=O) groups excluding carboxylic acids is 1. The average molecular weight is 331 g/mol. The lowest BCUT2D eigenvalue weighted by Crippen LogP contribution is -2.33. The van der Waals surface area contributed by atoms with Gasteiger partial charge in [-0.05, 0) is 5.56 Å². The molecule has 1 atom stereocenters. The van der Waals surface area contributed by atoms with Gasteiger partial charge >= 0.3 is 6.01 Å². The summed E-state index contributed by atoms with van der Waals surface area (Å²) >= 11 is 0. The van der Waals surface area contributed by atoms with E-state index < -0.39 is 5.82 Å². The van der Waals surface area contributed by atoms with Crippen molar-refractivity contribution < 1.29 is 18.7 Å². The van der Waals surface area contributed by atoms with E-state index in [0.717, 1.165) is 18.0 Å². The SMILES string of the molecule is O=C(COCc1ccccc1)N1CCC(Oc2ncc(F)cn2)C1. The summed E-state index contributed by atoms with van der Waals surface area (Å²) in [5.41, 5.74) is 1.03. The van der Waals surface area contributed by atoms with E-state index in [9.17, 15) is 9.18 Å². The van der Waals surface area contributed by atoms with E-state index in [1.54, 1.807) is 4.90 Å². The molecule has 1 saturated heterocycles. The molecule has 24 heavy (non-hydrogen) atoms. The molecule has 1 aromatic heterocycles. The van der Waals surface area contributed by atoms with Crippen molar-refractivity contribution in [1.82, 2.24) is 14.9 Å². The Morgan fingerprint density at radius 2 is 2.00 bits per heavy atom. The molecule has 0 bridgehead atoms. The molecule has 0 aliphatic carbocycles. The van der Waals surface area contributed by atoms with Crippen LogP contribution in [0.5, 0.6) is 6.01 Å². The largest absolute Gasteiger partial charge is 0.458 e. The number of rotatable bonds is 6. The van der Waals surface area contributed by atoms with Crippen molar-refractivity contribution in [3.8, 4) is 6.01 Å². The molecule has 0 N–H and O–H groups in total. The van der Waals surface area contributed by atoms with Crippen molar-refractivity contribution in [2.24, 2.45) is 0 Å². The highest BCUT2D eigenvalue weighted by molar-refractivity contribution is 5.77. The van der Waals surface area contributed by atoms with Gasteiger partial charge in [0.15, 0.2) is 5.82 Å². The maximum absolute atomic E-state index is 12.8. The van der Waals surface area contributed by atoms with Crippen molar-refractivity contribution in [3.05, 3.63) is 54.1 Å². The fourth-order valence-electron chi connectivity index (χ4n) is 2.48. The Hall–Kier alpha value is -2.54. The summed E-state index contributed by atoms with van der Waals surface area (Å²) < 4.78 is 23.8. The van der Waals surface area contributed by atoms with E-state index in [-0.39, 0.29) is 24.6 Å². The van der Waals surface area contributed by atoms with Crippen molar-refractivity contribution in [3.63, 3.8) is 0 Å². The molecule has 1 aliphatic rings. The second-order valence-electron chi connectivity index (χ2n) is 5.53. The van der Waals surface area contributed by atoms with Crippen LogP contribution in [0, 0.1) is 5.82 Å². The fraction of sp³-hybridized carbons (Fsp3) is 0.353. The first-order chi connectivity index (χ1) is 11.7. The predicted octanol–water partition coefficient (Wildman–Crippen LogP) is 1.81. The quantitative estimate of drug-likeness (QED) is 0.808. The number of likely N-dealkylation sites (tertiary alicyclic amines) is 1. The molecule has 1 unspecified atom stereocenters. The molecule has 0 spiro atoms. The van der Waals surface area contributed by atoms with Crippen LogP contribution < -0.4 is 4.74 Å². The lowest BCUT2D eigenvalue weighted by molar-refractivity contribution is -0.135. The highest BCUT2D eigenvalue weighted by Gasteiger charge is 2.28. The summed E-state index contributed by atoms with van der Waals surface area (Å²) in [6.07, 6.45) is 2.61. The number of benzene rings is 1. The Bertz CT molecular complexity index is 667. The van der Waals surface area contributed by atoms with Gasteiger partial charge in [-0.3, -0.25) is 4.79 Å². The van der Waals surface area contributed by atoms with Gasteiger partial charge in [0.1, 0.15) is 12.7 Å². The van der Waals surface area contributed by atoms with E-state index in [2.05, 4.69) is 9.97 Å². The van der Waals surface area contributed by atoms with Gasteiger partial charge in [-0.2, -0.15) is 0 Å². The van der Waals surface area contributed by atoms with E-state index in [1.807, 2.05) is 30.3 Å². The Morgan fingerprint density at radius 1 is 1.25 bits per heavy atom. The molecular weight excluding hydrogens is 313 g/mol. The van der Waals surface area contributed by atoms with Crippen molar-refractivity contribution in [1.29, 1.82) is 0 Å². The molecule has 1 fully saturated rings. The molecule has 7 heteroatoms. The van der Waals surface area contributed by atoms with E-state index in [1.165, 1.54) is 0 Å². The van der Waals surface area contributed by atoms with Gasteiger partial charge in [-0.1, -0.05) is 30.3 Å². The van der Waals surface area contributed by atoms with Gasteiger partial charge in [0.2, 0.25) is 5.91 Å². The molecule has 1 aliphatic heterocycles. The fourth-order valence-corrected chi connectivity index (χ4v) is 2.48. The number of amides is 1. The van der Waals surface area contributed by atoms with Crippen LogP contribution in [0.25, 0.3) is 0 Å². The third-order valence-electron chi connectivity index (χ3n) is 3.70. The van der Waals surface area contributed by atoms with Gasteiger partial charge in [0.05, 0.1) is 25.5 Å². The van der Waals surface area contributed by atoms with Gasteiger partial charge in [-0.15, -0.1) is 0 Å². The smallest absolute Gasteiger partial charge is 0.316 e. The number of carbonyl (C=O) groups is 1. The zero-order chi connectivity index (χ0) is 16.8. The third kappa shape index (κ3) is 4.48. The Labute approximate surface area is 139 Å². The van der Waals surface area contributed by atoms with Gasteiger partial charge < -0.3 is 14.4 Å². The highest BCUT2D eigenvalue weighted by Crippen LogP contribution is 2.15. The summed E-state index contributed by atoms with van der Waals surface area (Å²) in [6.45, 7) is 1.49. The third-order valence-corrected chi connectivity index (χ3v) is 3.70. The summed E-state index contributed by atoms with van der Waals surface area (Å²) in [6, 6.07) is 9.82. The predicted molar refractivity (Wildman–Crippen MR) is 83.7 cm³/mol. The maximum atomic E-state index is 12.8. The average Bonchev–Trinajstić information content (AvgIpc) is 3.06. The number of halogens is 1. The minimum absolute atomic E-state index is 0.0364. The van der Waals surface area contributed by atoms with Crippen LogP contribution in [-0.2, 0) is 16.1 Å². The number of aromatic nitrogens is 2. The molecule has 1 aromatic carbocycles. The maximum Gasteiger partial charge on any atom is 0.316 e. The van der Waals surface area contributed by atoms with Crippen molar-refractivity contribution in [2.75, 3.05) is 19.7 Å². The minimum Gasteiger partial charge on any atom is -0.458 e. The minimum atomic E-state index is -0.513. The zero-order valence-corrected chi connectivity index (χ0v) is 13.1. The van der Waals surface area contributed by atoms with Gasteiger partial charge in [0.25, 0.3) is 0 Å². The van der Waals surface area contributed by atoms with Crippen LogP contribution in [-0.4, -0.2) is 46.6 Å². The van der Waals surface area contributed by atoms with Gasteiger partial charge in [0, 0.05) is 13.0 Å². The van der Waals surface area contributed by atoms with Crippen LogP contribution >= 0.6 is 0 Å². The molecule has 6 nitrogen and oxygen atoms in total. The summed E-state index contributed by atoms with van der Waals surface area (Å²) in [4.78, 5) is 21.4. The molecule has 2 heterocycles. The van der Waals surface area contributed by atoms with E-state index in [0.29, 0.717) is 26.1 Å². The first-order valence-electron chi connectivity index (χ1n) is 7.74. The topological polar surface area (TPSA) is 64.5 Å². The zero-order valence-electron chi connectivity index (χ0n) is 13.1. The van der Waals surface area contributed by atoms with E-state index in [4.69, 9.17) is 9.47 Å². The summed E-state index contributed by atoms with van der Waals surface area (Å²) in [5, 5.41) is 0. The molecular formula is C17H18FN3O3. The lowest BCUT2D eigenvalue weighted by atomic mass is 10.2. The molecule has 1 amide bonds. The Morgan fingerprint density at radius 3 is 2.75 bits per heavy atom. The van der Waals surface area contributed by atoms with Crippen molar-refractivity contribution in [2.45, 2.75) is 19.1 Å². The number of nitrogens with zero attached hydrogens (tertiary/aromatic N) is 3. The molecule has 126 valence electrons. The van der Waals surface area contributed by atoms with Gasteiger partial charge in [-0.25, -0.2) is 14.4 Å². The first kappa shape index (κ1) is 16.3. The van der Waals surface area contributed by atoms with Crippen LogP contribution in [0.15, 0.2) is 42.7 Å². The Balaban J connectivity index is 1.41. The second kappa shape index (κ2) is 7.83. The van der Waals surface area contributed by atoms with Crippen LogP contribution in [0.3, 0.4) is 0 Å². The lowest BCUT2D eigenvalue weighted by Gasteiger charge is -2.16.